The summed E-state index contributed by atoms with van der Waals surface area (Å²) in [6.07, 6.45) is 5.40. The van der Waals surface area contributed by atoms with Crippen molar-refractivity contribution >= 4 is 12.1 Å². The van der Waals surface area contributed by atoms with Crippen LogP contribution >= 0.6 is 0 Å². The largest absolute Gasteiger partial charge is 0.444 e. The molecular weight excluding hydrogens is 354 g/mol. The van der Waals surface area contributed by atoms with E-state index in [2.05, 4.69) is 0 Å². The van der Waals surface area contributed by atoms with Crippen molar-refractivity contribution in [3.05, 3.63) is 35.9 Å². The summed E-state index contributed by atoms with van der Waals surface area (Å²) in [6.45, 7) is 5.81. The second-order valence-electron chi connectivity index (χ2n) is 9.04. The zero-order valence-corrected chi connectivity index (χ0v) is 17.3. The number of esters is 1. The highest BCUT2D eigenvalue weighted by Crippen LogP contribution is 2.37. The molecule has 1 aliphatic carbocycles. The fourth-order valence-electron chi connectivity index (χ4n) is 4.04. The molecule has 1 heterocycles. The van der Waals surface area contributed by atoms with Crippen LogP contribution in [0.2, 0.25) is 0 Å². The summed E-state index contributed by atoms with van der Waals surface area (Å²) >= 11 is 0. The molecule has 1 saturated carbocycles. The number of carbonyl (C=O) groups excluding carboxylic acids is 2. The van der Waals surface area contributed by atoms with Gasteiger partial charge >= 0.3 is 12.1 Å². The van der Waals surface area contributed by atoms with Crippen LogP contribution in [0.4, 0.5) is 4.79 Å². The lowest BCUT2D eigenvalue weighted by Crippen LogP contribution is -2.48. The molecule has 1 aromatic rings. The van der Waals surface area contributed by atoms with Gasteiger partial charge in [-0.1, -0.05) is 89.6 Å². The van der Waals surface area contributed by atoms with Gasteiger partial charge in [0.1, 0.15) is 12.6 Å². The highest BCUT2D eigenvalue weighted by molar-refractivity contribution is 5.84. The lowest BCUT2D eigenvalue weighted by Gasteiger charge is -2.34. The Morgan fingerprint density at radius 2 is 1.82 bits per heavy atom. The maximum absolute atomic E-state index is 13.1. The minimum absolute atomic E-state index is 0.0980. The number of hydrogen-bond donors (Lipinski definition) is 0. The first kappa shape index (κ1) is 19.3. The summed E-state index contributed by atoms with van der Waals surface area (Å²) in [5, 5.41) is 0. The highest BCUT2D eigenvalue weighted by Gasteiger charge is 2.51. The van der Waals surface area contributed by atoms with Crippen molar-refractivity contribution in [2.24, 2.45) is 11.3 Å². The second kappa shape index (κ2) is 8.97. The predicted molar refractivity (Wildman–Crippen MR) is 107 cm³/mol. The molecule has 3 rings (SSSR count). The molecule has 28 heavy (non-hydrogen) atoms. The predicted octanol–water partition coefficient (Wildman–Crippen LogP) is 5.28. The van der Waals surface area contributed by atoms with Crippen LogP contribution in [0.3, 0.4) is 0 Å². The van der Waals surface area contributed by atoms with Crippen molar-refractivity contribution < 1.29 is 20.4 Å². The Balaban J connectivity index is 1.81. The van der Waals surface area contributed by atoms with Crippen LogP contribution in [0.5, 0.6) is 0 Å². The molecule has 0 unspecified atom stereocenters. The lowest BCUT2D eigenvalue weighted by molar-refractivity contribution is -0.147. The van der Waals surface area contributed by atoms with Gasteiger partial charge in [-0.2, -0.15) is 0 Å². The summed E-state index contributed by atoms with van der Waals surface area (Å²) in [5.74, 6) is -0.399. The number of benzene rings is 1. The molecule has 0 radical (unpaired) electrons. The van der Waals surface area contributed by atoms with E-state index in [1.54, 1.807) is 0 Å². The van der Waals surface area contributed by atoms with Gasteiger partial charge in [-0.05, 0) is 17.9 Å². The zero-order valence-electron chi connectivity index (χ0n) is 18.3. The summed E-state index contributed by atoms with van der Waals surface area (Å²) in [5.41, 5.74) is 0.340. The van der Waals surface area contributed by atoms with E-state index in [4.69, 9.17) is 10.8 Å². The van der Waals surface area contributed by atoms with Crippen LogP contribution in [-0.4, -0.2) is 29.2 Å². The summed E-state index contributed by atoms with van der Waals surface area (Å²) in [4.78, 5) is 27.2. The topological polar surface area (TPSA) is 55.8 Å². The monoisotopic (exact) mass is 388 g/mol. The smallest absolute Gasteiger partial charge is 0.413 e. The molecule has 1 amide bonds. The lowest BCUT2D eigenvalue weighted by atomic mass is 9.90. The second-order valence-corrected chi connectivity index (χ2v) is 9.04. The van der Waals surface area contributed by atoms with Crippen molar-refractivity contribution in [3.63, 3.8) is 0 Å². The molecule has 1 aliphatic heterocycles. The van der Waals surface area contributed by atoms with Gasteiger partial charge in [0, 0.05) is 5.41 Å². The number of carbonyl (C=O) groups is 2. The van der Waals surface area contributed by atoms with Crippen molar-refractivity contribution in [2.75, 3.05) is 0 Å². The molecule has 154 valence electrons. The Kier molecular flexibility index (Phi) is 6.18. The summed E-state index contributed by atoms with van der Waals surface area (Å²) in [7, 11) is 0. The van der Waals surface area contributed by atoms with E-state index in [1.165, 1.54) is 17.7 Å². The fraction of sp³-hybridized carbons (Fsp3) is 0.652. The van der Waals surface area contributed by atoms with E-state index in [0.29, 0.717) is 6.42 Å². The summed E-state index contributed by atoms with van der Waals surface area (Å²) in [6, 6.07) is 7.67. The maximum atomic E-state index is 13.1. The maximum Gasteiger partial charge on any atom is 0.413 e. The van der Waals surface area contributed by atoms with Gasteiger partial charge in [0.2, 0.25) is 0 Å². The Hall–Kier alpha value is -2.04. The molecule has 1 aromatic carbocycles. The summed E-state index contributed by atoms with van der Waals surface area (Å²) < 4.78 is 20.2. The molecule has 5 heteroatoms. The van der Waals surface area contributed by atoms with Crippen LogP contribution < -0.4 is 0 Å². The standard InChI is InChI=1S/C23H33NO4/c1-23(2,3)21-24(22(26)27-16-18-13-9-6-10-14-18)19(20(25)28-21)15-17-11-7-4-5-8-12-17/h6,9-10,13-14,17,19,21H,4-5,7-8,11-12,15-16H2,1-3H3/t19-,21-/m0/s1/i19D. The van der Waals surface area contributed by atoms with Gasteiger partial charge in [0.05, 0.1) is 1.37 Å². The normalized spacial score (nSPS) is 27.1. The zero-order chi connectivity index (χ0) is 21.1. The van der Waals surface area contributed by atoms with Crippen molar-refractivity contribution in [2.45, 2.75) is 84.6 Å². The van der Waals surface area contributed by atoms with Gasteiger partial charge in [-0.3, -0.25) is 4.90 Å². The fourth-order valence-corrected chi connectivity index (χ4v) is 4.04. The Labute approximate surface area is 169 Å². The average Bonchev–Trinajstić information content (AvgIpc) is 2.82. The molecule has 2 aliphatic rings. The molecule has 1 saturated heterocycles. The highest BCUT2D eigenvalue weighted by atomic mass is 16.6. The minimum atomic E-state index is -1.74. The first-order valence-electron chi connectivity index (χ1n) is 10.9. The minimum Gasteiger partial charge on any atom is -0.444 e. The third-order valence-electron chi connectivity index (χ3n) is 5.58. The van der Waals surface area contributed by atoms with E-state index in [1.807, 2.05) is 51.1 Å². The van der Waals surface area contributed by atoms with E-state index in [9.17, 15) is 9.59 Å². The average molecular weight is 389 g/mol. The van der Waals surface area contributed by atoms with Crippen LogP contribution in [0.1, 0.15) is 72.7 Å². The molecule has 0 aromatic heterocycles. The van der Waals surface area contributed by atoms with Gasteiger partial charge in [0.15, 0.2) is 6.23 Å². The van der Waals surface area contributed by atoms with E-state index in [-0.39, 0.29) is 12.5 Å². The third-order valence-corrected chi connectivity index (χ3v) is 5.58. The van der Waals surface area contributed by atoms with Gasteiger partial charge < -0.3 is 9.47 Å². The van der Waals surface area contributed by atoms with Crippen LogP contribution in [0.15, 0.2) is 30.3 Å². The third kappa shape index (κ3) is 5.06. The Morgan fingerprint density at radius 1 is 1.18 bits per heavy atom. The number of hydrogen-bond acceptors (Lipinski definition) is 4. The molecule has 0 spiro atoms. The van der Waals surface area contributed by atoms with E-state index >= 15 is 0 Å². The van der Waals surface area contributed by atoms with Crippen molar-refractivity contribution in [1.82, 2.24) is 4.90 Å². The first-order valence-corrected chi connectivity index (χ1v) is 10.4. The van der Waals surface area contributed by atoms with Gasteiger partial charge in [-0.25, -0.2) is 9.59 Å². The van der Waals surface area contributed by atoms with Crippen LogP contribution in [0.25, 0.3) is 0 Å². The molecule has 0 bridgehead atoms. The molecular formula is C23H33NO4. The number of nitrogens with zero attached hydrogens (tertiary/aromatic N) is 1. The molecule has 5 nitrogen and oxygen atoms in total. The van der Waals surface area contributed by atoms with Crippen LogP contribution in [0, 0.1) is 11.3 Å². The van der Waals surface area contributed by atoms with Crippen LogP contribution in [-0.2, 0) is 20.9 Å². The Morgan fingerprint density at radius 3 is 2.43 bits per heavy atom. The van der Waals surface area contributed by atoms with Crippen molar-refractivity contribution in [3.8, 4) is 0 Å². The SMILES string of the molecule is [2H][C@]1(CC2CCCCCC2)C(=O)O[C@@H](C(C)(C)C)N1C(=O)OCc1ccccc1. The molecule has 2 fully saturated rings. The number of rotatable bonds is 4. The molecule has 0 N–H and O–H groups in total. The number of ether oxygens (including phenoxy) is 2. The number of amides is 1. The number of cyclic esters (lactones) is 1. The van der Waals surface area contributed by atoms with E-state index in [0.717, 1.165) is 31.2 Å². The first-order chi connectivity index (χ1) is 13.7. The van der Waals surface area contributed by atoms with Crippen molar-refractivity contribution in [1.29, 1.82) is 0 Å². The van der Waals surface area contributed by atoms with E-state index < -0.39 is 29.7 Å². The van der Waals surface area contributed by atoms with Gasteiger partial charge in [-0.15, -0.1) is 0 Å². The van der Waals surface area contributed by atoms with Gasteiger partial charge in [0.25, 0.3) is 0 Å². The molecule has 2 atom stereocenters. The quantitative estimate of drug-likeness (QED) is 0.520. The Bertz CT molecular complexity index is 709.